The number of ether oxygens (including phenoxy) is 3. The number of hydrogen-bond donors (Lipinski definition) is 1. The van der Waals surface area contributed by atoms with Gasteiger partial charge in [0.05, 0.1) is 18.8 Å². The number of nitrogens with one attached hydrogen (secondary N) is 1. The van der Waals surface area contributed by atoms with Crippen molar-refractivity contribution in [2.75, 3.05) is 32.2 Å². The second kappa shape index (κ2) is 9.73. The van der Waals surface area contributed by atoms with Gasteiger partial charge in [-0.2, -0.15) is 0 Å². The van der Waals surface area contributed by atoms with Gasteiger partial charge in [0.2, 0.25) is 0 Å². The van der Waals surface area contributed by atoms with Gasteiger partial charge in [0.15, 0.2) is 11.6 Å². The molecule has 28 heavy (non-hydrogen) atoms. The summed E-state index contributed by atoms with van der Waals surface area (Å²) >= 11 is 0. The maximum atomic E-state index is 5.91. The van der Waals surface area contributed by atoms with Crippen LogP contribution < -0.4 is 19.5 Å². The Labute approximate surface area is 165 Å². The second-order valence-electron chi connectivity index (χ2n) is 6.30. The van der Waals surface area contributed by atoms with E-state index in [1.54, 1.807) is 19.5 Å². The van der Waals surface area contributed by atoms with Gasteiger partial charge in [0, 0.05) is 24.2 Å². The standard InChI is InChI=1S/C21H26N4O3/c1-4-5-9-23-21-20(14-24-15(2)25-21)28-12-11-27-19-8-10-22-18-13-16(26-3)6-7-17(18)19/h6-8,10,13-14H,4-5,9,11-12H2,1-3H3,(H,23,24,25). The predicted molar refractivity (Wildman–Crippen MR) is 109 cm³/mol. The van der Waals surface area contributed by atoms with Crippen molar-refractivity contribution in [3.05, 3.63) is 42.5 Å². The monoisotopic (exact) mass is 382 g/mol. The minimum atomic E-state index is 0.384. The number of benzene rings is 1. The largest absolute Gasteiger partial charge is 0.497 e. The highest BCUT2D eigenvalue weighted by atomic mass is 16.5. The smallest absolute Gasteiger partial charge is 0.180 e. The summed E-state index contributed by atoms with van der Waals surface area (Å²) in [5.74, 6) is 3.60. The van der Waals surface area contributed by atoms with E-state index in [0.717, 1.165) is 47.6 Å². The quantitative estimate of drug-likeness (QED) is 0.531. The molecule has 0 aliphatic rings. The molecule has 0 radical (unpaired) electrons. The number of nitrogens with zero attached hydrogens (tertiary/aromatic N) is 3. The van der Waals surface area contributed by atoms with Gasteiger partial charge in [0.1, 0.15) is 30.5 Å². The van der Waals surface area contributed by atoms with Crippen molar-refractivity contribution in [2.24, 2.45) is 0 Å². The van der Waals surface area contributed by atoms with Crippen LogP contribution in [-0.4, -0.2) is 41.8 Å². The Kier molecular flexibility index (Phi) is 6.84. The zero-order chi connectivity index (χ0) is 19.8. The summed E-state index contributed by atoms with van der Waals surface area (Å²) in [6, 6.07) is 7.57. The van der Waals surface area contributed by atoms with Crippen molar-refractivity contribution in [3.8, 4) is 17.2 Å². The van der Waals surface area contributed by atoms with Crippen molar-refractivity contribution in [2.45, 2.75) is 26.7 Å². The lowest BCUT2D eigenvalue weighted by Gasteiger charge is -2.13. The molecular weight excluding hydrogens is 356 g/mol. The number of hydrogen-bond acceptors (Lipinski definition) is 7. The number of anilines is 1. The molecule has 0 saturated carbocycles. The first-order valence-electron chi connectivity index (χ1n) is 9.47. The molecule has 0 aliphatic carbocycles. The first kappa shape index (κ1) is 19.7. The van der Waals surface area contributed by atoms with Gasteiger partial charge in [0.25, 0.3) is 0 Å². The number of unbranched alkanes of at least 4 members (excludes halogenated alkanes) is 1. The van der Waals surface area contributed by atoms with Crippen molar-refractivity contribution in [1.82, 2.24) is 15.0 Å². The molecule has 0 saturated heterocycles. The SMILES string of the molecule is CCCCNc1nc(C)ncc1OCCOc1ccnc2cc(OC)ccc12. The summed E-state index contributed by atoms with van der Waals surface area (Å²) in [4.78, 5) is 13.0. The normalized spacial score (nSPS) is 10.7. The molecule has 148 valence electrons. The number of fused-ring (bicyclic) bond motifs is 1. The third kappa shape index (κ3) is 5.00. The first-order chi connectivity index (χ1) is 13.7. The third-order valence-electron chi connectivity index (χ3n) is 4.21. The summed E-state index contributed by atoms with van der Waals surface area (Å²) in [5.41, 5.74) is 0.826. The Morgan fingerprint density at radius 2 is 1.86 bits per heavy atom. The predicted octanol–water partition coefficient (Wildman–Crippen LogP) is 4.01. The summed E-state index contributed by atoms with van der Waals surface area (Å²) < 4.78 is 17.0. The van der Waals surface area contributed by atoms with Crippen LogP contribution in [0.2, 0.25) is 0 Å². The fourth-order valence-corrected chi connectivity index (χ4v) is 2.73. The highest BCUT2D eigenvalue weighted by Gasteiger charge is 2.08. The van der Waals surface area contributed by atoms with E-state index in [1.165, 1.54) is 0 Å². The van der Waals surface area contributed by atoms with E-state index >= 15 is 0 Å². The molecule has 3 aromatic rings. The summed E-state index contributed by atoms with van der Waals surface area (Å²) in [7, 11) is 1.64. The van der Waals surface area contributed by atoms with Crippen molar-refractivity contribution < 1.29 is 14.2 Å². The van der Waals surface area contributed by atoms with Crippen LogP contribution in [0.5, 0.6) is 17.2 Å². The summed E-state index contributed by atoms with van der Waals surface area (Å²) in [6.07, 6.45) is 5.62. The molecule has 7 nitrogen and oxygen atoms in total. The molecule has 0 atom stereocenters. The number of rotatable bonds is 10. The molecule has 7 heteroatoms. The van der Waals surface area contributed by atoms with E-state index in [-0.39, 0.29) is 0 Å². The van der Waals surface area contributed by atoms with Gasteiger partial charge in [-0.1, -0.05) is 13.3 Å². The lowest BCUT2D eigenvalue weighted by molar-refractivity contribution is 0.218. The Bertz CT molecular complexity index is 917. The summed E-state index contributed by atoms with van der Waals surface area (Å²) in [6.45, 7) is 5.65. The van der Waals surface area contributed by atoms with E-state index in [4.69, 9.17) is 14.2 Å². The lowest BCUT2D eigenvalue weighted by Crippen LogP contribution is -2.12. The van der Waals surface area contributed by atoms with Crippen LogP contribution in [0.4, 0.5) is 5.82 Å². The van der Waals surface area contributed by atoms with E-state index in [9.17, 15) is 0 Å². The third-order valence-corrected chi connectivity index (χ3v) is 4.21. The van der Waals surface area contributed by atoms with Crippen LogP contribution in [0.3, 0.4) is 0 Å². The van der Waals surface area contributed by atoms with Gasteiger partial charge < -0.3 is 19.5 Å². The minimum Gasteiger partial charge on any atom is -0.497 e. The first-order valence-corrected chi connectivity index (χ1v) is 9.47. The zero-order valence-electron chi connectivity index (χ0n) is 16.6. The average molecular weight is 382 g/mol. The van der Waals surface area contributed by atoms with E-state index in [2.05, 4.69) is 27.2 Å². The van der Waals surface area contributed by atoms with Crippen LogP contribution in [0.15, 0.2) is 36.7 Å². The number of methoxy groups -OCH3 is 1. The lowest BCUT2D eigenvalue weighted by atomic mass is 10.2. The topological polar surface area (TPSA) is 78.4 Å². The van der Waals surface area contributed by atoms with Crippen LogP contribution >= 0.6 is 0 Å². The molecular formula is C21H26N4O3. The molecule has 3 rings (SSSR count). The Balaban J connectivity index is 1.60. The molecule has 1 aromatic carbocycles. The minimum absolute atomic E-state index is 0.384. The van der Waals surface area contributed by atoms with Crippen molar-refractivity contribution in [1.29, 1.82) is 0 Å². The Morgan fingerprint density at radius 3 is 2.64 bits per heavy atom. The Morgan fingerprint density at radius 1 is 1.04 bits per heavy atom. The van der Waals surface area contributed by atoms with Crippen LogP contribution in [0.25, 0.3) is 10.9 Å². The Hall–Kier alpha value is -3.09. The molecule has 0 unspecified atom stereocenters. The molecule has 0 fully saturated rings. The van der Waals surface area contributed by atoms with Crippen LogP contribution in [0, 0.1) is 6.92 Å². The van der Waals surface area contributed by atoms with Crippen LogP contribution in [0.1, 0.15) is 25.6 Å². The molecule has 2 heterocycles. The molecule has 0 bridgehead atoms. The summed E-state index contributed by atoms with van der Waals surface area (Å²) in [5, 5.41) is 4.25. The maximum Gasteiger partial charge on any atom is 0.180 e. The maximum absolute atomic E-state index is 5.91. The van der Waals surface area contributed by atoms with Gasteiger partial charge >= 0.3 is 0 Å². The zero-order valence-corrected chi connectivity index (χ0v) is 16.6. The van der Waals surface area contributed by atoms with E-state index in [0.29, 0.717) is 24.8 Å². The van der Waals surface area contributed by atoms with E-state index < -0.39 is 0 Å². The molecule has 1 N–H and O–H groups in total. The van der Waals surface area contributed by atoms with Gasteiger partial charge in [-0.15, -0.1) is 0 Å². The van der Waals surface area contributed by atoms with Crippen LogP contribution in [-0.2, 0) is 0 Å². The van der Waals surface area contributed by atoms with Gasteiger partial charge in [-0.25, -0.2) is 9.97 Å². The average Bonchev–Trinajstić information content (AvgIpc) is 2.72. The van der Waals surface area contributed by atoms with Gasteiger partial charge in [-0.05, 0) is 31.5 Å². The molecule has 0 amide bonds. The molecule has 2 aromatic heterocycles. The second-order valence-corrected chi connectivity index (χ2v) is 6.30. The molecule has 0 spiro atoms. The number of aromatic nitrogens is 3. The number of pyridine rings is 1. The fourth-order valence-electron chi connectivity index (χ4n) is 2.73. The fraction of sp³-hybridized carbons (Fsp3) is 0.381. The van der Waals surface area contributed by atoms with E-state index in [1.807, 2.05) is 31.2 Å². The van der Waals surface area contributed by atoms with Crippen molar-refractivity contribution in [3.63, 3.8) is 0 Å². The van der Waals surface area contributed by atoms with Gasteiger partial charge in [-0.3, -0.25) is 4.98 Å². The highest BCUT2D eigenvalue weighted by molar-refractivity contribution is 5.85. The number of aryl methyl sites for hydroxylation is 1. The molecule has 0 aliphatic heterocycles. The highest BCUT2D eigenvalue weighted by Crippen LogP contribution is 2.27. The van der Waals surface area contributed by atoms with Crippen molar-refractivity contribution >= 4 is 16.7 Å².